The van der Waals surface area contributed by atoms with Gasteiger partial charge in [0, 0.05) is 18.0 Å². The van der Waals surface area contributed by atoms with Gasteiger partial charge in [0.2, 0.25) is 10.6 Å². The topological polar surface area (TPSA) is 51.6 Å². The lowest BCUT2D eigenvalue weighted by Gasteiger charge is -2.05. The minimum atomic E-state index is 0.105. The lowest BCUT2D eigenvalue weighted by molar-refractivity contribution is 0.922. The van der Waals surface area contributed by atoms with Gasteiger partial charge in [0.25, 0.3) is 0 Å². The van der Waals surface area contributed by atoms with Crippen LogP contribution in [-0.4, -0.2) is 19.9 Å². The van der Waals surface area contributed by atoms with Crippen LogP contribution in [0.1, 0.15) is 11.4 Å². The van der Waals surface area contributed by atoms with Crippen molar-refractivity contribution >= 4 is 34.1 Å². The Hall–Kier alpha value is -1.78. The van der Waals surface area contributed by atoms with Crippen LogP contribution in [0.2, 0.25) is 10.6 Å². The number of rotatable bonds is 2. The second-order valence-electron chi connectivity index (χ2n) is 3.95. The third kappa shape index (κ3) is 2.64. The van der Waals surface area contributed by atoms with Crippen molar-refractivity contribution < 1.29 is 0 Å². The van der Waals surface area contributed by atoms with E-state index in [2.05, 4.69) is 19.9 Å². The summed E-state index contributed by atoms with van der Waals surface area (Å²) in [6, 6.07) is 9.85. The summed E-state index contributed by atoms with van der Waals surface area (Å²) in [6.45, 7) is 0. The summed E-state index contributed by atoms with van der Waals surface area (Å²) in [7, 11) is 0. The van der Waals surface area contributed by atoms with E-state index in [9.17, 15) is 0 Å². The highest BCUT2D eigenvalue weighted by atomic mass is 35.5. The van der Waals surface area contributed by atoms with Crippen molar-refractivity contribution in [2.24, 2.45) is 0 Å². The fraction of sp³-hybridized carbons (Fsp3) is 0.0769. The fourth-order valence-electron chi connectivity index (χ4n) is 1.92. The monoisotopic (exact) mass is 290 g/mol. The second kappa shape index (κ2) is 5.07. The summed E-state index contributed by atoms with van der Waals surface area (Å²) in [5, 5.41) is 1.28. The molecule has 0 aliphatic carbocycles. The van der Waals surface area contributed by atoms with E-state index in [-0.39, 0.29) is 10.6 Å². The number of fused-ring (bicyclic) bond motifs is 1. The van der Waals surface area contributed by atoms with Crippen LogP contribution in [0.4, 0.5) is 0 Å². The third-order valence-corrected chi connectivity index (χ3v) is 3.05. The molecule has 6 heteroatoms. The van der Waals surface area contributed by atoms with Gasteiger partial charge in [-0.25, -0.2) is 9.97 Å². The first kappa shape index (κ1) is 12.3. The molecule has 0 atom stereocenters. The number of para-hydroxylation sites is 1. The molecule has 0 N–H and O–H groups in total. The predicted octanol–water partition coefficient (Wildman–Crippen LogP) is 3.32. The fourth-order valence-corrected chi connectivity index (χ4v) is 2.32. The maximum Gasteiger partial charge on any atom is 0.226 e. The minimum absolute atomic E-state index is 0.105. The molecule has 19 heavy (non-hydrogen) atoms. The van der Waals surface area contributed by atoms with Crippen LogP contribution in [0.25, 0.3) is 10.9 Å². The molecular formula is C13H8Cl2N4. The van der Waals surface area contributed by atoms with E-state index in [1.165, 1.54) is 0 Å². The summed E-state index contributed by atoms with van der Waals surface area (Å²) in [5.41, 5.74) is 2.01. The van der Waals surface area contributed by atoms with Gasteiger partial charge in [0.15, 0.2) is 0 Å². The summed E-state index contributed by atoms with van der Waals surface area (Å²) >= 11 is 11.6. The molecule has 2 heterocycles. The molecule has 0 amide bonds. The minimum Gasteiger partial charge on any atom is -0.256 e. The van der Waals surface area contributed by atoms with Crippen molar-refractivity contribution in [1.82, 2.24) is 19.9 Å². The average molecular weight is 291 g/mol. The van der Waals surface area contributed by atoms with Crippen LogP contribution in [-0.2, 0) is 6.42 Å². The third-order valence-electron chi connectivity index (χ3n) is 2.72. The highest BCUT2D eigenvalue weighted by Crippen LogP contribution is 2.19. The molecule has 0 aliphatic rings. The zero-order chi connectivity index (χ0) is 13.2. The summed E-state index contributed by atoms with van der Waals surface area (Å²) < 4.78 is 0. The molecule has 0 unspecified atom stereocenters. The number of pyridine rings is 1. The first-order valence-electron chi connectivity index (χ1n) is 5.61. The molecule has 2 aromatic heterocycles. The van der Waals surface area contributed by atoms with E-state index >= 15 is 0 Å². The zero-order valence-corrected chi connectivity index (χ0v) is 11.2. The molecule has 4 nitrogen and oxygen atoms in total. The number of nitrogens with zero attached hydrogens (tertiary/aromatic N) is 4. The van der Waals surface area contributed by atoms with Crippen molar-refractivity contribution in [3.05, 3.63) is 58.5 Å². The van der Waals surface area contributed by atoms with Gasteiger partial charge in [-0.3, -0.25) is 4.98 Å². The molecule has 0 saturated carbocycles. The summed E-state index contributed by atoms with van der Waals surface area (Å²) in [4.78, 5) is 16.2. The lowest BCUT2D eigenvalue weighted by Crippen LogP contribution is -2.00. The van der Waals surface area contributed by atoms with Gasteiger partial charge in [-0.2, -0.15) is 4.98 Å². The molecular weight excluding hydrogens is 283 g/mol. The number of benzene rings is 1. The van der Waals surface area contributed by atoms with Crippen LogP contribution in [0.5, 0.6) is 0 Å². The molecule has 0 saturated heterocycles. The Labute approximate surface area is 119 Å². The highest BCUT2D eigenvalue weighted by Gasteiger charge is 2.07. The van der Waals surface area contributed by atoms with E-state index in [0.717, 1.165) is 16.5 Å². The Balaban J connectivity index is 2.05. The smallest absolute Gasteiger partial charge is 0.226 e. The van der Waals surface area contributed by atoms with Crippen molar-refractivity contribution in [3.8, 4) is 0 Å². The number of hydrogen-bond acceptors (Lipinski definition) is 4. The molecule has 3 aromatic rings. The first-order valence-corrected chi connectivity index (χ1v) is 6.36. The Morgan fingerprint density at radius 3 is 2.42 bits per heavy atom. The molecule has 0 fully saturated rings. The van der Waals surface area contributed by atoms with Gasteiger partial charge in [-0.15, -0.1) is 0 Å². The van der Waals surface area contributed by atoms with Crippen LogP contribution in [0, 0.1) is 0 Å². The summed E-state index contributed by atoms with van der Waals surface area (Å²) in [5.74, 6) is 0.543. The standard InChI is InChI=1S/C13H8Cl2N4/c14-12-17-11(18-13(15)19-12)7-8-5-6-16-10-4-2-1-3-9(8)10/h1-6H,7H2. The van der Waals surface area contributed by atoms with Crippen molar-refractivity contribution in [3.63, 3.8) is 0 Å². The molecule has 0 bridgehead atoms. The quantitative estimate of drug-likeness (QED) is 0.726. The van der Waals surface area contributed by atoms with Gasteiger partial charge in [0.05, 0.1) is 5.52 Å². The second-order valence-corrected chi connectivity index (χ2v) is 4.63. The normalized spacial score (nSPS) is 10.8. The predicted molar refractivity (Wildman–Crippen MR) is 74.4 cm³/mol. The molecule has 0 aliphatic heterocycles. The van der Waals surface area contributed by atoms with Gasteiger partial charge in [-0.05, 0) is 40.9 Å². The maximum absolute atomic E-state index is 5.78. The average Bonchev–Trinajstić information content (AvgIpc) is 2.38. The van der Waals surface area contributed by atoms with E-state index in [1.807, 2.05) is 30.3 Å². The van der Waals surface area contributed by atoms with E-state index in [1.54, 1.807) is 6.20 Å². The van der Waals surface area contributed by atoms with Gasteiger partial charge < -0.3 is 0 Å². The molecule has 94 valence electrons. The molecule has 0 spiro atoms. The van der Waals surface area contributed by atoms with Crippen molar-refractivity contribution in [1.29, 1.82) is 0 Å². The first-order chi connectivity index (χ1) is 9.22. The van der Waals surface area contributed by atoms with Crippen LogP contribution in [0.3, 0.4) is 0 Å². The van der Waals surface area contributed by atoms with E-state index in [0.29, 0.717) is 12.2 Å². The lowest BCUT2D eigenvalue weighted by atomic mass is 10.1. The highest BCUT2D eigenvalue weighted by molar-refractivity contribution is 6.31. The van der Waals surface area contributed by atoms with E-state index < -0.39 is 0 Å². The van der Waals surface area contributed by atoms with Crippen LogP contribution >= 0.6 is 23.2 Å². The number of aromatic nitrogens is 4. The largest absolute Gasteiger partial charge is 0.256 e. The Morgan fingerprint density at radius 1 is 0.895 bits per heavy atom. The van der Waals surface area contributed by atoms with Crippen LogP contribution in [0.15, 0.2) is 36.5 Å². The van der Waals surface area contributed by atoms with Crippen molar-refractivity contribution in [2.75, 3.05) is 0 Å². The Morgan fingerprint density at radius 2 is 1.63 bits per heavy atom. The Bertz CT molecular complexity index is 720. The molecule has 1 aromatic carbocycles. The SMILES string of the molecule is Clc1nc(Cl)nc(Cc2ccnc3ccccc23)n1. The van der Waals surface area contributed by atoms with E-state index in [4.69, 9.17) is 23.2 Å². The zero-order valence-electron chi connectivity index (χ0n) is 9.72. The van der Waals surface area contributed by atoms with Gasteiger partial charge >= 0.3 is 0 Å². The number of hydrogen-bond donors (Lipinski definition) is 0. The van der Waals surface area contributed by atoms with Crippen molar-refractivity contribution in [2.45, 2.75) is 6.42 Å². The molecule has 3 rings (SSSR count). The van der Waals surface area contributed by atoms with Gasteiger partial charge in [-0.1, -0.05) is 18.2 Å². The van der Waals surface area contributed by atoms with Crippen LogP contribution < -0.4 is 0 Å². The van der Waals surface area contributed by atoms with Gasteiger partial charge in [0.1, 0.15) is 5.82 Å². The Kier molecular flexibility index (Phi) is 3.27. The molecule has 0 radical (unpaired) electrons. The number of halogens is 2. The maximum atomic E-state index is 5.78. The summed E-state index contributed by atoms with van der Waals surface area (Å²) in [6.07, 6.45) is 2.30.